The van der Waals surface area contributed by atoms with Gasteiger partial charge in [-0.1, -0.05) is 19.9 Å². The fourth-order valence-electron chi connectivity index (χ4n) is 2.45. The Labute approximate surface area is 122 Å². The molecule has 1 unspecified atom stereocenters. The van der Waals surface area contributed by atoms with Crippen LogP contribution in [-0.2, 0) is 9.57 Å². The summed E-state index contributed by atoms with van der Waals surface area (Å²) < 4.78 is 10.7. The molecule has 1 aromatic heterocycles. The first-order valence-electron chi connectivity index (χ1n) is 7.05. The minimum Gasteiger partial charge on any atom is -0.443 e. The second-order valence-electron chi connectivity index (χ2n) is 5.41. The van der Waals surface area contributed by atoms with Crippen LogP contribution in [0.4, 0.5) is 0 Å². The number of aromatic nitrogens is 1. The van der Waals surface area contributed by atoms with Gasteiger partial charge in [-0.15, -0.1) is 5.06 Å². The van der Waals surface area contributed by atoms with Gasteiger partial charge in [-0.25, -0.2) is 9.78 Å². The van der Waals surface area contributed by atoms with Crippen LogP contribution in [0, 0.1) is 5.92 Å². The largest absolute Gasteiger partial charge is 0.443 e. The molecule has 1 aromatic carbocycles. The van der Waals surface area contributed by atoms with Crippen molar-refractivity contribution < 1.29 is 18.8 Å². The number of hydrogen-bond acceptors (Lipinski definition) is 6. The summed E-state index contributed by atoms with van der Waals surface area (Å²) in [6.07, 6.45) is 1.33. The van der Waals surface area contributed by atoms with Crippen LogP contribution in [-0.4, -0.2) is 41.8 Å². The zero-order valence-electron chi connectivity index (χ0n) is 12.1. The van der Waals surface area contributed by atoms with E-state index in [0.717, 1.165) is 0 Å². The Morgan fingerprint density at radius 2 is 2.33 bits per heavy atom. The average molecular weight is 290 g/mol. The third-order valence-electron chi connectivity index (χ3n) is 3.66. The molecule has 1 saturated heterocycles. The van der Waals surface area contributed by atoms with Crippen molar-refractivity contribution in [2.45, 2.75) is 19.9 Å². The highest BCUT2D eigenvalue weighted by Gasteiger charge is 2.30. The molecule has 1 aliphatic rings. The second-order valence-corrected chi connectivity index (χ2v) is 5.41. The monoisotopic (exact) mass is 290 g/mol. The maximum atomic E-state index is 12.4. The number of nitrogens with zero attached hydrogens (tertiary/aromatic N) is 2. The smallest absolute Gasteiger partial charge is 0.359 e. The highest BCUT2D eigenvalue weighted by molar-refractivity contribution is 6.01. The number of benzene rings is 1. The molecule has 0 aliphatic carbocycles. The van der Waals surface area contributed by atoms with Crippen molar-refractivity contribution in [3.63, 3.8) is 0 Å². The normalized spacial score (nSPS) is 20.0. The van der Waals surface area contributed by atoms with Crippen LogP contribution in [0.5, 0.6) is 0 Å². The zero-order valence-corrected chi connectivity index (χ0v) is 12.1. The van der Waals surface area contributed by atoms with E-state index in [1.165, 1.54) is 6.39 Å². The Morgan fingerprint density at radius 1 is 1.48 bits per heavy atom. The van der Waals surface area contributed by atoms with E-state index in [1.807, 2.05) is 0 Å². The molecule has 0 amide bonds. The minimum atomic E-state index is -0.415. The molecule has 2 aromatic rings. The molecule has 0 radical (unpaired) electrons. The van der Waals surface area contributed by atoms with Gasteiger partial charge in [-0.05, 0) is 18.1 Å². The van der Waals surface area contributed by atoms with E-state index in [2.05, 4.69) is 18.8 Å². The van der Waals surface area contributed by atoms with Gasteiger partial charge in [0.15, 0.2) is 12.0 Å². The van der Waals surface area contributed by atoms with Crippen molar-refractivity contribution in [3.05, 3.63) is 30.2 Å². The summed E-state index contributed by atoms with van der Waals surface area (Å²) >= 11 is 0. The van der Waals surface area contributed by atoms with Gasteiger partial charge in [0.05, 0.1) is 31.4 Å². The van der Waals surface area contributed by atoms with Crippen LogP contribution in [0.3, 0.4) is 0 Å². The van der Waals surface area contributed by atoms with Crippen molar-refractivity contribution in [2.75, 3.05) is 19.8 Å². The predicted octanol–water partition coefficient (Wildman–Crippen LogP) is 2.26. The molecule has 0 N–H and O–H groups in total. The minimum absolute atomic E-state index is 0.0687. The molecule has 21 heavy (non-hydrogen) atoms. The first-order chi connectivity index (χ1) is 10.2. The molecule has 1 fully saturated rings. The quantitative estimate of drug-likeness (QED) is 0.864. The molecule has 3 rings (SSSR count). The molecule has 0 spiro atoms. The van der Waals surface area contributed by atoms with Crippen LogP contribution in [0.25, 0.3) is 11.1 Å². The van der Waals surface area contributed by atoms with Gasteiger partial charge in [-0.3, -0.25) is 0 Å². The lowest BCUT2D eigenvalue weighted by Crippen LogP contribution is -2.48. The van der Waals surface area contributed by atoms with Crippen molar-refractivity contribution in [1.82, 2.24) is 10.0 Å². The van der Waals surface area contributed by atoms with Gasteiger partial charge in [0, 0.05) is 0 Å². The molecule has 2 heterocycles. The Morgan fingerprint density at radius 3 is 3.14 bits per heavy atom. The van der Waals surface area contributed by atoms with Gasteiger partial charge >= 0.3 is 5.97 Å². The van der Waals surface area contributed by atoms with E-state index < -0.39 is 5.97 Å². The first kappa shape index (κ1) is 14.0. The lowest BCUT2D eigenvalue weighted by Gasteiger charge is -2.35. The Kier molecular flexibility index (Phi) is 3.90. The lowest BCUT2D eigenvalue weighted by molar-refractivity contribution is -0.193. The van der Waals surface area contributed by atoms with Gasteiger partial charge < -0.3 is 14.0 Å². The number of fused-ring (bicyclic) bond motifs is 1. The number of carbonyl (C=O) groups excluding carboxylic acids is 1. The number of rotatable bonds is 3. The van der Waals surface area contributed by atoms with Gasteiger partial charge in [0.1, 0.15) is 5.52 Å². The Balaban J connectivity index is 1.80. The SMILES string of the molecule is CC(C)C1COCCN1OC(=O)c1cccc2ocnc12. The summed E-state index contributed by atoms with van der Waals surface area (Å²) in [5.41, 5.74) is 1.51. The van der Waals surface area contributed by atoms with E-state index in [9.17, 15) is 4.79 Å². The summed E-state index contributed by atoms with van der Waals surface area (Å²) in [7, 11) is 0. The first-order valence-corrected chi connectivity index (χ1v) is 7.05. The van der Waals surface area contributed by atoms with Crippen LogP contribution in [0.15, 0.2) is 29.0 Å². The maximum absolute atomic E-state index is 12.4. The lowest BCUT2D eigenvalue weighted by atomic mass is 10.0. The second kappa shape index (κ2) is 5.83. The molecule has 6 nitrogen and oxygen atoms in total. The Bertz CT molecular complexity index is 637. The number of para-hydroxylation sites is 1. The summed E-state index contributed by atoms with van der Waals surface area (Å²) in [5.74, 6) is -0.0806. The van der Waals surface area contributed by atoms with E-state index in [4.69, 9.17) is 14.0 Å². The summed E-state index contributed by atoms with van der Waals surface area (Å²) in [5, 5.41) is 1.72. The highest BCUT2D eigenvalue weighted by Crippen LogP contribution is 2.21. The van der Waals surface area contributed by atoms with Crippen molar-refractivity contribution >= 4 is 17.1 Å². The molecule has 112 valence electrons. The number of carbonyl (C=O) groups is 1. The molecular weight excluding hydrogens is 272 g/mol. The summed E-state index contributed by atoms with van der Waals surface area (Å²) in [4.78, 5) is 22.0. The fraction of sp³-hybridized carbons (Fsp3) is 0.467. The van der Waals surface area contributed by atoms with Gasteiger partial charge in [-0.2, -0.15) is 0 Å². The topological polar surface area (TPSA) is 64.8 Å². The average Bonchev–Trinajstić information content (AvgIpc) is 2.95. The van der Waals surface area contributed by atoms with Crippen LogP contribution < -0.4 is 0 Å². The predicted molar refractivity (Wildman–Crippen MR) is 75.6 cm³/mol. The van der Waals surface area contributed by atoms with Crippen LogP contribution in [0.1, 0.15) is 24.2 Å². The number of morpholine rings is 1. The van der Waals surface area contributed by atoms with Crippen molar-refractivity contribution in [2.24, 2.45) is 5.92 Å². The fourth-order valence-corrected chi connectivity index (χ4v) is 2.45. The summed E-state index contributed by atoms with van der Waals surface area (Å²) in [6, 6.07) is 5.28. The van der Waals surface area contributed by atoms with Gasteiger partial charge in [0.2, 0.25) is 0 Å². The number of ether oxygens (including phenoxy) is 1. The summed E-state index contributed by atoms with van der Waals surface area (Å²) in [6.45, 7) is 5.87. The molecule has 1 atom stereocenters. The standard InChI is InChI=1S/C15H18N2O4/c1-10(2)12-8-19-7-6-17(12)21-15(18)11-4-3-5-13-14(11)16-9-20-13/h3-5,9-10,12H,6-8H2,1-2H3. The van der Waals surface area contributed by atoms with Crippen LogP contribution >= 0.6 is 0 Å². The van der Waals surface area contributed by atoms with Crippen molar-refractivity contribution in [1.29, 1.82) is 0 Å². The van der Waals surface area contributed by atoms with E-state index >= 15 is 0 Å². The maximum Gasteiger partial charge on any atom is 0.359 e. The number of hydroxylamine groups is 2. The zero-order chi connectivity index (χ0) is 14.8. The van der Waals surface area contributed by atoms with Gasteiger partial charge in [0.25, 0.3) is 0 Å². The van der Waals surface area contributed by atoms with Crippen LogP contribution in [0.2, 0.25) is 0 Å². The van der Waals surface area contributed by atoms with Crippen molar-refractivity contribution in [3.8, 4) is 0 Å². The molecular formula is C15H18N2O4. The van der Waals surface area contributed by atoms with E-state index in [-0.39, 0.29) is 6.04 Å². The molecule has 0 bridgehead atoms. The van der Waals surface area contributed by atoms with E-state index in [1.54, 1.807) is 23.3 Å². The number of oxazole rings is 1. The highest BCUT2D eigenvalue weighted by atomic mass is 16.7. The number of hydrogen-bond donors (Lipinski definition) is 0. The molecule has 1 aliphatic heterocycles. The third-order valence-corrected chi connectivity index (χ3v) is 3.66. The molecule has 0 saturated carbocycles. The Hall–Kier alpha value is -1.92. The van der Waals surface area contributed by atoms with E-state index in [0.29, 0.717) is 42.3 Å². The third kappa shape index (κ3) is 2.77. The molecule has 6 heteroatoms.